The Morgan fingerprint density at radius 2 is 2.22 bits per heavy atom. The zero-order valence-corrected chi connectivity index (χ0v) is 13.2. The first-order valence-electron chi connectivity index (χ1n) is 7.85. The summed E-state index contributed by atoms with van der Waals surface area (Å²) >= 11 is 0. The molecule has 2 amide bonds. The van der Waals surface area contributed by atoms with E-state index in [4.69, 9.17) is 9.26 Å². The Labute approximate surface area is 135 Å². The van der Waals surface area contributed by atoms with E-state index in [1.165, 1.54) is 0 Å². The lowest BCUT2D eigenvalue weighted by Crippen LogP contribution is -2.39. The number of aromatic nitrogens is 1. The van der Waals surface area contributed by atoms with Crippen molar-refractivity contribution in [3.05, 3.63) is 47.7 Å². The third kappa shape index (κ3) is 4.32. The topological polar surface area (TPSA) is 67.6 Å². The van der Waals surface area contributed by atoms with E-state index >= 15 is 0 Å². The van der Waals surface area contributed by atoms with Crippen molar-refractivity contribution in [2.75, 3.05) is 18.5 Å². The fraction of sp³-hybridized carbons (Fsp3) is 0.412. The van der Waals surface area contributed by atoms with Gasteiger partial charge in [-0.3, -0.25) is 5.32 Å². The standard InChI is InChI=1S/C17H21N3O3/c1-13-10-16(19-23-13)18-17(21)20(12-15-8-5-9-22-15)11-14-6-3-2-4-7-14/h2-4,6-7,10,15H,5,8-9,11-12H2,1H3,(H,18,19,21)/t15-/m1/s1. The molecule has 122 valence electrons. The lowest BCUT2D eigenvalue weighted by Gasteiger charge is -2.25. The van der Waals surface area contributed by atoms with Crippen molar-refractivity contribution >= 4 is 11.8 Å². The molecule has 0 bridgehead atoms. The Bertz CT molecular complexity index is 636. The number of nitrogens with zero attached hydrogens (tertiary/aromatic N) is 2. The second kappa shape index (κ2) is 7.28. The molecule has 2 heterocycles. The van der Waals surface area contributed by atoms with E-state index in [9.17, 15) is 4.79 Å². The van der Waals surface area contributed by atoms with Gasteiger partial charge in [-0.15, -0.1) is 0 Å². The molecule has 1 aromatic heterocycles. The fourth-order valence-corrected chi connectivity index (χ4v) is 2.67. The summed E-state index contributed by atoms with van der Waals surface area (Å²) in [5.41, 5.74) is 1.08. The van der Waals surface area contributed by atoms with Gasteiger partial charge >= 0.3 is 6.03 Å². The molecule has 0 spiro atoms. The third-order valence-corrected chi connectivity index (χ3v) is 3.81. The van der Waals surface area contributed by atoms with Crippen molar-refractivity contribution < 1.29 is 14.1 Å². The molecule has 1 N–H and O–H groups in total. The molecular formula is C17H21N3O3. The summed E-state index contributed by atoms with van der Waals surface area (Å²) in [7, 11) is 0. The van der Waals surface area contributed by atoms with Crippen LogP contribution in [0.2, 0.25) is 0 Å². The van der Waals surface area contributed by atoms with Crippen LogP contribution in [-0.4, -0.2) is 35.3 Å². The average molecular weight is 315 g/mol. The zero-order chi connectivity index (χ0) is 16.1. The van der Waals surface area contributed by atoms with Gasteiger partial charge in [-0.05, 0) is 25.3 Å². The predicted molar refractivity (Wildman–Crippen MR) is 86.1 cm³/mol. The lowest BCUT2D eigenvalue weighted by molar-refractivity contribution is 0.0819. The maximum Gasteiger partial charge on any atom is 0.323 e. The molecule has 1 aliphatic rings. The molecule has 1 fully saturated rings. The Kier molecular flexibility index (Phi) is 4.92. The predicted octanol–water partition coefficient (Wildman–Crippen LogP) is 3.20. The monoisotopic (exact) mass is 315 g/mol. The van der Waals surface area contributed by atoms with Crippen LogP contribution in [0.3, 0.4) is 0 Å². The zero-order valence-electron chi connectivity index (χ0n) is 13.2. The van der Waals surface area contributed by atoms with E-state index in [0.717, 1.165) is 25.0 Å². The van der Waals surface area contributed by atoms with E-state index < -0.39 is 0 Å². The maximum absolute atomic E-state index is 12.6. The van der Waals surface area contributed by atoms with Crippen molar-refractivity contribution in [3.8, 4) is 0 Å². The molecule has 1 aliphatic heterocycles. The number of hydrogen-bond donors (Lipinski definition) is 1. The summed E-state index contributed by atoms with van der Waals surface area (Å²) in [5, 5.41) is 6.60. The number of aryl methyl sites for hydroxylation is 1. The molecule has 6 nitrogen and oxygen atoms in total. The van der Waals surface area contributed by atoms with E-state index in [1.54, 1.807) is 17.9 Å². The third-order valence-electron chi connectivity index (χ3n) is 3.81. The number of carbonyl (C=O) groups excluding carboxylic acids is 1. The second-order valence-corrected chi connectivity index (χ2v) is 5.75. The van der Waals surface area contributed by atoms with Crippen LogP contribution >= 0.6 is 0 Å². The van der Waals surface area contributed by atoms with Crippen LogP contribution in [0.15, 0.2) is 40.9 Å². The Morgan fingerprint density at radius 3 is 2.87 bits per heavy atom. The van der Waals surface area contributed by atoms with Gasteiger partial charge < -0.3 is 14.2 Å². The molecule has 2 aromatic rings. The van der Waals surface area contributed by atoms with E-state index in [1.807, 2.05) is 30.3 Å². The summed E-state index contributed by atoms with van der Waals surface area (Å²) in [5.74, 6) is 1.09. The minimum absolute atomic E-state index is 0.100. The number of amides is 2. The Morgan fingerprint density at radius 1 is 1.39 bits per heavy atom. The number of urea groups is 1. The summed E-state index contributed by atoms with van der Waals surface area (Å²) < 4.78 is 10.7. The molecule has 6 heteroatoms. The summed E-state index contributed by atoms with van der Waals surface area (Å²) in [4.78, 5) is 14.4. The van der Waals surface area contributed by atoms with Crippen molar-refractivity contribution in [2.24, 2.45) is 0 Å². The highest BCUT2D eigenvalue weighted by molar-refractivity contribution is 5.88. The van der Waals surface area contributed by atoms with E-state index in [-0.39, 0.29) is 12.1 Å². The van der Waals surface area contributed by atoms with Crippen LogP contribution in [0.1, 0.15) is 24.2 Å². The van der Waals surface area contributed by atoms with Crippen LogP contribution in [0.5, 0.6) is 0 Å². The first-order valence-corrected chi connectivity index (χ1v) is 7.85. The molecule has 1 saturated heterocycles. The van der Waals surface area contributed by atoms with Crippen molar-refractivity contribution in [1.82, 2.24) is 10.1 Å². The minimum Gasteiger partial charge on any atom is -0.376 e. The number of benzene rings is 1. The van der Waals surface area contributed by atoms with Gasteiger partial charge in [0, 0.05) is 25.8 Å². The molecule has 1 atom stereocenters. The maximum atomic E-state index is 12.6. The average Bonchev–Trinajstić information content (AvgIpc) is 3.19. The van der Waals surface area contributed by atoms with Crippen molar-refractivity contribution in [3.63, 3.8) is 0 Å². The summed E-state index contributed by atoms with van der Waals surface area (Å²) in [6, 6.07) is 11.4. The fourth-order valence-electron chi connectivity index (χ4n) is 2.67. The van der Waals surface area contributed by atoms with Crippen LogP contribution in [-0.2, 0) is 11.3 Å². The van der Waals surface area contributed by atoms with Crippen molar-refractivity contribution in [1.29, 1.82) is 0 Å². The Hall–Kier alpha value is -2.34. The molecule has 23 heavy (non-hydrogen) atoms. The van der Waals surface area contributed by atoms with Gasteiger partial charge in [0.05, 0.1) is 6.10 Å². The van der Waals surface area contributed by atoms with Crippen LogP contribution in [0.4, 0.5) is 10.6 Å². The molecular weight excluding hydrogens is 294 g/mol. The highest BCUT2D eigenvalue weighted by atomic mass is 16.5. The summed E-state index contributed by atoms with van der Waals surface area (Å²) in [6.45, 7) is 3.66. The van der Waals surface area contributed by atoms with Gasteiger partial charge in [-0.1, -0.05) is 35.5 Å². The van der Waals surface area contributed by atoms with Crippen LogP contribution < -0.4 is 5.32 Å². The lowest BCUT2D eigenvalue weighted by atomic mass is 10.2. The molecule has 1 aromatic carbocycles. The molecule has 3 rings (SSSR count). The molecule has 0 aliphatic carbocycles. The number of nitrogens with one attached hydrogen (secondary N) is 1. The largest absolute Gasteiger partial charge is 0.376 e. The van der Waals surface area contributed by atoms with Crippen LogP contribution in [0, 0.1) is 6.92 Å². The summed E-state index contributed by atoms with van der Waals surface area (Å²) in [6.07, 6.45) is 2.14. The van der Waals surface area contributed by atoms with Gasteiger partial charge in [-0.25, -0.2) is 4.79 Å². The van der Waals surface area contributed by atoms with E-state index in [2.05, 4.69) is 10.5 Å². The quantitative estimate of drug-likeness (QED) is 0.920. The first-order chi connectivity index (χ1) is 11.2. The van der Waals surface area contributed by atoms with Crippen LogP contribution in [0.25, 0.3) is 0 Å². The SMILES string of the molecule is Cc1cc(NC(=O)N(Cc2ccccc2)C[C@H]2CCCO2)no1. The first kappa shape index (κ1) is 15.6. The normalized spacial score (nSPS) is 17.2. The van der Waals surface area contributed by atoms with Gasteiger partial charge in [0.2, 0.25) is 0 Å². The highest BCUT2D eigenvalue weighted by Gasteiger charge is 2.23. The van der Waals surface area contributed by atoms with Gasteiger partial charge in [-0.2, -0.15) is 0 Å². The second-order valence-electron chi connectivity index (χ2n) is 5.75. The number of ether oxygens (including phenoxy) is 1. The van der Waals surface area contributed by atoms with Gasteiger partial charge in [0.15, 0.2) is 5.82 Å². The Balaban J connectivity index is 1.68. The smallest absolute Gasteiger partial charge is 0.323 e. The number of hydrogen-bond acceptors (Lipinski definition) is 4. The highest BCUT2D eigenvalue weighted by Crippen LogP contribution is 2.16. The molecule has 0 saturated carbocycles. The van der Waals surface area contributed by atoms with E-state index in [0.29, 0.717) is 24.7 Å². The number of anilines is 1. The van der Waals surface area contributed by atoms with Gasteiger partial charge in [0.25, 0.3) is 0 Å². The molecule has 0 unspecified atom stereocenters. The van der Waals surface area contributed by atoms with Gasteiger partial charge in [0.1, 0.15) is 5.76 Å². The van der Waals surface area contributed by atoms with Crippen molar-refractivity contribution in [2.45, 2.75) is 32.4 Å². The number of rotatable bonds is 5. The molecule has 0 radical (unpaired) electrons. The minimum atomic E-state index is -0.197. The number of carbonyl (C=O) groups is 1.